The lowest BCUT2D eigenvalue weighted by Gasteiger charge is -2.32. The largest absolute Gasteiger partial charge is 0.352 e. The minimum Gasteiger partial charge on any atom is -0.352 e. The van der Waals surface area contributed by atoms with E-state index < -0.39 is 0 Å². The Hall–Kier alpha value is -2.12. The summed E-state index contributed by atoms with van der Waals surface area (Å²) in [6.45, 7) is 14.7. The van der Waals surface area contributed by atoms with Crippen molar-refractivity contribution in [2.45, 2.75) is 91.6 Å². The molecule has 2 aromatic rings. The number of unbranched alkanes of at least 4 members (excludes halogenated alkanes) is 1. The van der Waals surface area contributed by atoms with Crippen LogP contribution in [0.5, 0.6) is 0 Å². The predicted molar refractivity (Wildman–Crippen MR) is 143 cm³/mol. The van der Waals surface area contributed by atoms with Crippen LogP contribution < -0.4 is 16.0 Å². The van der Waals surface area contributed by atoms with E-state index in [-0.39, 0.29) is 28.7 Å². The topological polar surface area (TPSA) is 71.0 Å². The van der Waals surface area contributed by atoms with E-state index in [1.807, 2.05) is 6.20 Å². The summed E-state index contributed by atoms with van der Waals surface area (Å²) in [6.07, 6.45) is 6.52. The lowest BCUT2D eigenvalue weighted by atomic mass is 9.88. The third kappa shape index (κ3) is 7.68. The molecule has 1 aliphatic carbocycles. The molecule has 3 N–H and O–H groups in total. The highest BCUT2D eigenvalue weighted by Crippen LogP contribution is 2.32. The van der Waals surface area contributed by atoms with Gasteiger partial charge in [-0.2, -0.15) is 4.98 Å². The number of carbonyl (C=O) groups excluding carboxylic acids is 1. The number of amides is 1. The average Bonchev–Trinajstić information content (AvgIpc) is 3.14. The van der Waals surface area contributed by atoms with Crippen LogP contribution in [0, 0.1) is 11.2 Å². The molecule has 1 aliphatic rings. The highest BCUT2D eigenvalue weighted by atomic mass is 35.5. The van der Waals surface area contributed by atoms with Gasteiger partial charge in [-0.25, -0.2) is 4.39 Å². The minimum atomic E-state index is -0.291. The Morgan fingerprint density at radius 1 is 1.23 bits per heavy atom. The fourth-order valence-electron chi connectivity index (χ4n) is 4.47. The maximum absolute atomic E-state index is 13.8. The van der Waals surface area contributed by atoms with Crippen LogP contribution in [0.1, 0.15) is 78.4 Å². The summed E-state index contributed by atoms with van der Waals surface area (Å²) in [5, 5.41) is 10.6. The van der Waals surface area contributed by atoms with E-state index >= 15 is 0 Å². The van der Waals surface area contributed by atoms with Crippen molar-refractivity contribution in [3.8, 4) is 0 Å². The normalized spacial score (nSPS) is 16.2. The Labute approximate surface area is 214 Å². The summed E-state index contributed by atoms with van der Waals surface area (Å²) in [5.74, 6) is 0.953. The first-order valence-corrected chi connectivity index (χ1v) is 13.1. The van der Waals surface area contributed by atoms with Gasteiger partial charge in [-0.05, 0) is 68.2 Å². The number of hydrogen-bond donors (Lipinski definition) is 3. The van der Waals surface area contributed by atoms with Crippen molar-refractivity contribution in [1.82, 2.24) is 14.9 Å². The number of halogens is 2. The molecule has 0 unspecified atom stereocenters. The molecule has 3 rings (SSSR count). The SMILES string of the molecule is CCCCC(=O)Nc1cn(C(C)(C)CNCC(C)(C)C)c(N[C@H]2CCc3cc(F)cc(Cl)c3C2)n1. The van der Waals surface area contributed by atoms with Crippen LogP contribution in [0.4, 0.5) is 16.2 Å². The fraction of sp³-hybridized carbons (Fsp3) is 0.630. The fourth-order valence-corrected chi connectivity index (χ4v) is 4.77. The molecule has 1 heterocycles. The first-order valence-electron chi connectivity index (χ1n) is 12.7. The number of nitrogens with zero attached hydrogens (tertiary/aromatic N) is 2. The summed E-state index contributed by atoms with van der Waals surface area (Å²) < 4.78 is 15.9. The highest BCUT2D eigenvalue weighted by Gasteiger charge is 2.28. The summed E-state index contributed by atoms with van der Waals surface area (Å²) in [5.41, 5.74) is 1.86. The van der Waals surface area contributed by atoms with E-state index in [9.17, 15) is 9.18 Å². The van der Waals surface area contributed by atoms with Crippen LogP contribution in [0.15, 0.2) is 18.3 Å². The molecule has 6 nitrogen and oxygen atoms in total. The maximum atomic E-state index is 13.8. The van der Waals surface area contributed by atoms with E-state index in [1.165, 1.54) is 6.07 Å². The Balaban J connectivity index is 1.82. The van der Waals surface area contributed by atoms with Gasteiger partial charge in [0.05, 0.1) is 11.7 Å². The molecular weight excluding hydrogens is 465 g/mol. The van der Waals surface area contributed by atoms with Crippen molar-refractivity contribution in [2.75, 3.05) is 23.7 Å². The van der Waals surface area contributed by atoms with Crippen LogP contribution in [-0.2, 0) is 23.2 Å². The van der Waals surface area contributed by atoms with Gasteiger partial charge in [0.2, 0.25) is 11.9 Å². The van der Waals surface area contributed by atoms with Crippen molar-refractivity contribution >= 4 is 29.3 Å². The summed E-state index contributed by atoms with van der Waals surface area (Å²) in [7, 11) is 0. The van der Waals surface area contributed by atoms with Gasteiger partial charge >= 0.3 is 0 Å². The highest BCUT2D eigenvalue weighted by molar-refractivity contribution is 6.31. The van der Waals surface area contributed by atoms with Gasteiger partial charge < -0.3 is 20.5 Å². The Morgan fingerprint density at radius 3 is 2.66 bits per heavy atom. The van der Waals surface area contributed by atoms with Gasteiger partial charge in [-0.3, -0.25) is 4.79 Å². The molecule has 0 radical (unpaired) electrons. The molecule has 0 saturated carbocycles. The first-order chi connectivity index (χ1) is 16.4. The Morgan fingerprint density at radius 2 is 1.97 bits per heavy atom. The van der Waals surface area contributed by atoms with Crippen LogP contribution in [-0.4, -0.2) is 34.6 Å². The molecule has 8 heteroatoms. The number of anilines is 2. The zero-order valence-corrected chi connectivity index (χ0v) is 22.8. The first kappa shape index (κ1) is 27.5. The predicted octanol–water partition coefficient (Wildman–Crippen LogP) is 6.14. The van der Waals surface area contributed by atoms with Gasteiger partial charge in [0.1, 0.15) is 5.82 Å². The van der Waals surface area contributed by atoms with Crippen LogP contribution >= 0.6 is 11.6 Å². The number of benzene rings is 1. The van der Waals surface area contributed by atoms with Gasteiger partial charge in [0.15, 0.2) is 5.82 Å². The lowest BCUT2D eigenvalue weighted by Crippen LogP contribution is -2.42. The zero-order valence-electron chi connectivity index (χ0n) is 22.0. The molecule has 1 aromatic carbocycles. The molecular formula is C27H41ClFN5O. The van der Waals surface area contributed by atoms with Crippen molar-refractivity contribution in [3.05, 3.63) is 40.3 Å². The van der Waals surface area contributed by atoms with Crippen LogP contribution in [0.3, 0.4) is 0 Å². The Bertz CT molecular complexity index is 1030. The average molecular weight is 506 g/mol. The number of aryl methyl sites for hydroxylation is 1. The van der Waals surface area contributed by atoms with E-state index in [2.05, 4.69) is 62.1 Å². The van der Waals surface area contributed by atoms with Crippen molar-refractivity contribution in [2.24, 2.45) is 5.41 Å². The number of imidazole rings is 1. The summed E-state index contributed by atoms with van der Waals surface area (Å²) in [6, 6.07) is 3.08. The van der Waals surface area contributed by atoms with Crippen LogP contribution in [0.25, 0.3) is 0 Å². The third-order valence-corrected chi connectivity index (χ3v) is 6.73. The van der Waals surface area contributed by atoms with Crippen molar-refractivity contribution in [3.63, 3.8) is 0 Å². The molecule has 0 saturated heterocycles. The minimum absolute atomic E-state index is 0.0212. The van der Waals surface area contributed by atoms with Gasteiger partial charge in [-0.1, -0.05) is 45.7 Å². The monoisotopic (exact) mass is 505 g/mol. The second-order valence-corrected chi connectivity index (χ2v) is 12.0. The van der Waals surface area contributed by atoms with Gasteiger partial charge in [-0.15, -0.1) is 0 Å². The lowest BCUT2D eigenvalue weighted by molar-refractivity contribution is -0.116. The molecule has 0 aliphatic heterocycles. The van der Waals surface area contributed by atoms with Crippen molar-refractivity contribution < 1.29 is 9.18 Å². The number of aromatic nitrogens is 2. The molecule has 0 bridgehead atoms. The molecule has 0 fully saturated rings. The van der Waals surface area contributed by atoms with E-state index in [1.54, 1.807) is 6.07 Å². The second-order valence-electron chi connectivity index (χ2n) is 11.6. The quantitative estimate of drug-likeness (QED) is 0.362. The molecule has 0 spiro atoms. The number of nitrogens with one attached hydrogen (secondary N) is 3. The molecule has 35 heavy (non-hydrogen) atoms. The summed E-state index contributed by atoms with van der Waals surface area (Å²) >= 11 is 6.37. The standard InChI is InChI=1S/C27H41ClFN5O/c1-7-8-9-24(35)32-23-15-34(27(5,6)17-30-16-26(2,3)4)25(33-23)31-20-11-10-18-12-19(29)13-22(28)21(18)14-20/h12-13,15,20,30H,7-11,14,16-17H2,1-6H3,(H,31,33)(H,32,35)/t20-/m0/s1. The van der Waals surface area contributed by atoms with Gasteiger partial charge in [0.25, 0.3) is 0 Å². The molecule has 1 aromatic heterocycles. The van der Waals surface area contributed by atoms with E-state index in [4.69, 9.17) is 16.6 Å². The summed E-state index contributed by atoms with van der Waals surface area (Å²) in [4.78, 5) is 17.1. The molecule has 194 valence electrons. The Kier molecular flexibility index (Phi) is 8.86. The molecule has 1 atom stereocenters. The van der Waals surface area contributed by atoms with E-state index in [0.29, 0.717) is 29.6 Å². The van der Waals surface area contributed by atoms with Crippen LogP contribution in [0.2, 0.25) is 5.02 Å². The van der Waals surface area contributed by atoms with Gasteiger partial charge in [0, 0.05) is 30.6 Å². The molecule has 1 amide bonds. The van der Waals surface area contributed by atoms with E-state index in [0.717, 1.165) is 49.9 Å². The van der Waals surface area contributed by atoms with Crippen molar-refractivity contribution in [1.29, 1.82) is 0 Å². The zero-order chi connectivity index (χ0) is 25.8. The number of rotatable bonds is 10. The maximum Gasteiger partial charge on any atom is 0.225 e. The second kappa shape index (κ2) is 11.3. The number of carbonyl (C=O) groups is 1. The number of hydrogen-bond acceptors (Lipinski definition) is 4. The number of fused-ring (bicyclic) bond motifs is 1. The smallest absolute Gasteiger partial charge is 0.225 e. The third-order valence-electron chi connectivity index (χ3n) is 6.39.